The van der Waals surface area contributed by atoms with Crippen molar-refractivity contribution in [3.8, 4) is 11.5 Å². The van der Waals surface area contributed by atoms with Crippen molar-refractivity contribution < 1.29 is 18.3 Å². The molecule has 0 saturated carbocycles. The summed E-state index contributed by atoms with van der Waals surface area (Å²) >= 11 is 0. The number of rotatable bonds is 11. The molecule has 0 radical (unpaired) electrons. The van der Waals surface area contributed by atoms with Crippen molar-refractivity contribution >= 4 is 0 Å². The first-order chi connectivity index (χ1) is 24.6. The molecule has 2 aromatic carbocycles. The number of aromatic nitrogens is 3. The van der Waals surface area contributed by atoms with Crippen LogP contribution in [0.4, 0.5) is 4.39 Å². The van der Waals surface area contributed by atoms with Gasteiger partial charge < -0.3 is 18.8 Å². The number of aryl methyl sites for hydroxylation is 2. The van der Waals surface area contributed by atoms with Crippen molar-refractivity contribution in [2.75, 3.05) is 32.8 Å². The van der Waals surface area contributed by atoms with E-state index in [1.54, 1.807) is 19.1 Å². The van der Waals surface area contributed by atoms with E-state index >= 15 is 0 Å². The molecule has 1 aliphatic heterocycles. The number of likely N-dealkylation sites (tertiary alicyclic amines) is 1. The molecule has 5 rings (SSSR count). The quantitative estimate of drug-likeness (QED) is 0.152. The average molecular weight is 737 g/mol. The maximum absolute atomic E-state index is 12.4. The standard InChI is InChI=1S/C11H16O.C10H13FO.C9H13N.C8H17N.C6H10N2O.CH4/c1-9(2)8-12-11-6-4-5-10(3)7-11;1-8(2)7-12-10-5-3-9(11)4-6-10;1-8(2)7-9-5-3-4-6-10-9;1-8(2)7-9-5-3-4-6-9;1-4(2)6-8-7-5(3)9-6;/h4-7,9H,8H2,1-3H3;3-6,8H,7H2,1-2H3;3-6,8H,7H2,1-2H3;8H,3-7H2,1-2H3;4H,1-3H3;1H4. The molecule has 3 heterocycles. The fourth-order valence-electron chi connectivity index (χ4n) is 4.73. The lowest BCUT2D eigenvalue weighted by Crippen LogP contribution is -2.23. The minimum absolute atomic E-state index is 0. The Kier molecular flexibility index (Phi) is 26.6. The Morgan fingerprint density at radius 3 is 1.74 bits per heavy atom. The first-order valence-corrected chi connectivity index (χ1v) is 19.1. The van der Waals surface area contributed by atoms with Crippen molar-refractivity contribution in [3.63, 3.8) is 0 Å². The zero-order valence-corrected chi connectivity index (χ0v) is 34.4. The summed E-state index contributed by atoms with van der Waals surface area (Å²) < 4.78 is 28.5. The van der Waals surface area contributed by atoms with E-state index in [0.717, 1.165) is 30.4 Å². The molecule has 53 heavy (non-hydrogen) atoms. The van der Waals surface area contributed by atoms with Crippen LogP contribution in [0, 0.1) is 43.3 Å². The molecule has 8 heteroatoms. The molecule has 0 unspecified atom stereocenters. The van der Waals surface area contributed by atoms with Gasteiger partial charge in [0, 0.05) is 31.3 Å². The smallest absolute Gasteiger partial charge is 0.219 e. The van der Waals surface area contributed by atoms with E-state index in [1.807, 2.05) is 44.3 Å². The van der Waals surface area contributed by atoms with Gasteiger partial charge >= 0.3 is 0 Å². The molecule has 298 valence electrons. The fraction of sp³-hybridized carbons (Fsp3) is 0.578. The van der Waals surface area contributed by atoms with Gasteiger partial charge in [-0.2, -0.15) is 0 Å². The van der Waals surface area contributed by atoms with Gasteiger partial charge in [0.15, 0.2) is 0 Å². The molecule has 1 fully saturated rings. The third-order valence-electron chi connectivity index (χ3n) is 7.17. The minimum Gasteiger partial charge on any atom is -0.493 e. The maximum Gasteiger partial charge on any atom is 0.219 e. The second-order valence-corrected chi connectivity index (χ2v) is 15.3. The Labute approximate surface area is 323 Å². The lowest BCUT2D eigenvalue weighted by atomic mass is 10.1. The maximum atomic E-state index is 12.4. The van der Waals surface area contributed by atoms with Crippen LogP contribution in [0.5, 0.6) is 11.5 Å². The summed E-state index contributed by atoms with van der Waals surface area (Å²) in [6.45, 7) is 30.8. The third-order valence-corrected chi connectivity index (χ3v) is 7.17. The molecule has 0 spiro atoms. The highest BCUT2D eigenvalue weighted by atomic mass is 19.1. The number of ether oxygens (including phenoxy) is 2. The van der Waals surface area contributed by atoms with Gasteiger partial charge in [-0.25, -0.2) is 4.39 Å². The Morgan fingerprint density at radius 1 is 0.698 bits per heavy atom. The number of hydrogen-bond acceptors (Lipinski definition) is 7. The second kappa shape index (κ2) is 28.7. The monoisotopic (exact) mass is 737 g/mol. The molecule has 0 bridgehead atoms. The Balaban J connectivity index is 0.000000638. The van der Waals surface area contributed by atoms with Crippen molar-refractivity contribution in [2.45, 2.75) is 116 Å². The van der Waals surface area contributed by atoms with Crippen LogP contribution in [-0.2, 0) is 6.42 Å². The number of benzene rings is 2. The second-order valence-electron chi connectivity index (χ2n) is 15.3. The summed E-state index contributed by atoms with van der Waals surface area (Å²) in [6, 6.07) is 20.3. The van der Waals surface area contributed by atoms with Gasteiger partial charge in [-0.15, -0.1) is 10.2 Å². The molecule has 2 aromatic heterocycles. The molecular weight excluding hydrogens is 664 g/mol. The topological polar surface area (TPSA) is 73.5 Å². The highest BCUT2D eigenvalue weighted by Gasteiger charge is 2.11. The van der Waals surface area contributed by atoms with E-state index < -0.39 is 0 Å². The van der Waals surface area contributed by atoms with E-state index in [9.17, 15) is 4.39 Å². The molecule has 1 aliphatic rings. The predicted octanol–water partition coefficient (Wildman–Crippen LogP) is 12.0. The Hall–Kier alpha value is -3.78. The van der Waals surface area contributed by atoms with Crippen LogP contribution in [0.3, 0.4) is 0 Å². The SMILES string of the molecule is C.CC(C)CN1CCCC1.CC(C)COc1ccc(F)cc1.CC(C)Cc1ccccn1.Cc1cccc(OCC(C)C)c1.Cc1nnc(C(C)C)o1. The van der Waals surface area contributed by atoms with E-state index in [-0.39, 0.29) is 13.2 Å². The number of pyridine rings is 1. The van der Waals surface area contributed by atoms with Gasteiger partial charge in [0.2, 0.25) is 11.8 Å². The number of nitrogens with zero attached hydrogens (tertiary/aromatic N) is 4. The van der Waals surface area contributed by atoms with Crippen molar-refractivity contribution in [2.24, 2.45) is 23.7 Å². The lowest BCUT2D eigenvalue weighted by molar-refractivity contribution is 0.270. The minimum atomic E-state index is -0.230. The van der Waals surface area contributed by atoms with Crippen LogP contribution < -0.4 is 9.47 Å². The molecule has 4 aromatic rings. The number of hydrogen-bond donors (Lipinski definition) is 0. The Bertz CT molecular complexity index is 1420. The molecule has 7 nitrogen and oxygen atoms in total. The van der Waals surface area contributed by atoms with Crippen LogP contribution in [-0.4, -0.2) is 52.9 Å². The van der Waals surface area contributed by atoms with E-state index in [2.05, 4.69) is 101 Å². The van der Waals surface area contributed by atoms with Gasteiger partial charge in [0.25, 0.3) is 0 Å². The Morgan fingerprint density at radius 2 is 1.30 bits per heavy atom. The van der Waals surface area contributed by atoms with Gasteiger partial charge in [-0.05, 0) is 117 Å². The highest BCUT2D eigenvalue weighted by molar-refractivity contribution is 5.27. The fourth-order valence-corrected chi connectivity index (χ4v) is 4.73. The van der Waals surface area contributed by atoms with E-state index in [0.29, 0.717) is 42.1 Å². The number of halogens is 1. The van der Waals surface area contributed by atoms with Crippen molar-refractivity contribution in [3.05, 3.63) is 102 Å². The molecule has 1 saturated heterocycles. The van der Waals surface area contributed by atoms with Crippen LogP contribution >= 0.6 is 0 Å². The molecule has 0 N–H and O–H groups in total. The van der Waals surface area contributed by atoms with E-state index in [4.69, 9.17) is 13.9 Å². The molecule has 0 atom stereocenters. The normalized spacial score (nSPS) is 12.1. The van der Waals surface area contributed by atoms with Crippen LogP contribution in [0.1, 0.15) is 118 Å². The van der Waals surface area contributed by atoms with Crippen LogP contribution in [0.15, 0.2) is 77.3 Å². The lowest BCUT2D eigenvalue weighted by Gasteiger charge is -2.16. The molecule has 0 amide bonds. The van der Waals surface area contributed by atoms with Crippen molar-refractivity contribution in [1.29, 1.82) is 0 Å². The van der Waals surface area contributed by atoms with Crippen LogP contribution in [0.25, 0.3) is 0 Å². The summed E-state index contributed by atoms with van der Waals surface area (Å²) in [5.74, 6) is 5.80. The summed E-state index contributed by atoms with van der Waals surface area (Å²) in [5.41, 5.74) is 2.44. The summed E-state index contributed by atoms with van der Waals surface area (Å²) in [6.07, 6.45) is 5.78. The van der Waals surface area contributed by atoms with E-state index in [1.165, 1.54) is 55.9 Å². The molecule has 0 aliphatic carbocycles. The summed E-state index contributed by atoms with van der Waals surface area (Å²) in [4.78, 5) is 6.78. The average Bonchev–Trinajstić information content (AvgIpc) is 3.77. The predicted molar refractivity (Wildman–Crippen MR) is 221 cm³/mol. The zero-order valence-electron chi connectivity index (χ0n) is 34.4. The summed E-state index contributed by atoms with van der Waals surface area (Å²) in [5, 5.41) is 7.52. The van der Waals surface area contributed by atoms with Gasteiger partial charge in [-0.3, -0.25) is 4.98 Å². The van der Waals surface area contributed by atoms with Gasteiger partial charge in [0.05, 0.1) is 13.2 Å². The van der Waals surface area contributed by atoms with Gasteiger partial charge in [-0.1, -0.05) is 94.9 Å². The first-order valence-electron chi connectivity index (χ1n) is 19.1. The highest BCUT2D eigenvalue weighted by Crippen LogP contribution is 2.14. The molecular formula is C45H73FN4O3. The zero-order chi connectivity index (χ0) is 38.9. The third kappa shape index (κ3) is 26.6. The first kappa shape index (κ1) is 49.2. The van der Waals surface area contributed by atoms with Crippen molar-refractivity contribution in [1.82, 2.24) is 20.1 Å². The summed E-state index contributed by atoms with van der Waals surface area (Å²) in [7, 11) is 0. The largest absolute Gasteiger partial charge is 0.493 e. The van der Waals surface area contributed by atoms with Gasteiger partial charge in [0.1, 0.15) is 17.3 Å². The van der Waals surface area contributed by atoms with Crippen LogP contribution in [0.2, 0.25) is 0 Å².